The Kier molecular flexibility index (Phi) is 8.42. The largest absolute Gasteiger partial charge is 0.338 e. The minimum atomic E-state index is -0.0498. The van der Waals surface area contributed by atoms with Crippen molar-refractivity contribution in [2.24, 2.45) is 5.92 Å². The first-order chi connectivity index (χ1) is 12.5. The first-order valence-corrected chi connectivity index (χ1v) is 10.3. The predicted octanol–water partition coefficient (Wildman–Crippen LogP) is 3.09. The van der Waals surface area contributed by atoms with Crippen molar-refractivity contribution >= 4 is 6.03 Å². The van der Waals surface area contributed by atoms with Gasteiger partial charge in [0.25, 0.3) is 0 Å². The second kappa shape index (κ2) is 10.6. The average Bonchev–Trinajstić information content (AvgIpc) is 2.94. The van der Waals surface area contributed by atoms with Crippen LogP contribution in [0, 0.1) is 19.8 Å². The highest BCUT2D eigenvalue weighted by Gasteiger charge is 2.22. The zero-order valence-electron chi connectivity index (χ0n) is 17.1. The van der Waals surface area contributed by atoms with Gasteiger partial charge in [0, 0.05) is 31.4 Å². The van der Waals surface area contributed by atoms with Crippen molar-refractivity contribution in [3.8, 4) is 0 Å². The molecule has 0 bridgehead atoms. The molecule has 0 aliphatic carbocycles. The number of aryl methyl sites for hydroxylation is 2. The van der Waals surface area contributed by atoms with Gasteiger partial charge in [-0.05, 0) is 58.2 Å². The fourth-order valence-corrected chi connectivity index (χ4v) is 3.71. The number of carbonyl (C=O) groups excluding carboxylic acids is 1. The maximum Gasteiger partial charge on any atom is 0.314 e. The third kappa shape index (κ3) is 6.63. The molecule has 2 N–H and O–H groups in total. The summed E-state index contributed by atoms with van der Waals surface area (Å²) in [5.74, 6) is 0.342. The lowest BCUT2D eigenvalue weighted by Gasteiger charge is -2.35. The van der Waals surface area contributed by atoms with Crippen LogP contribution in [0.4, 0.5) is 4.79 Å². The Morgan fingerprint density at radius 1 is 1.35 bits per heavy atom. The Morgan fingerprint density at radius 3 is 2.85 bits per heavy atom. The molecule has 148 valence electrons. The highest BCUT2D eigenvalue weighted by molar-refractivity contribution is 5.73. The number of carbonyl (C=O) groups is 1. The molecular weight excluding hydrogens is 326 g/mol. The number of nitrogens with zero attached hydrogens (tertiary/aromatic N) is 3. The lowest BCUT2D eigenvalue weighted by molar-refractivity contribution is 0.144. The van der Waals surface area contributed by atoms with Crippen LogP contribution < -0.4 is 10.6 Å². The van der Waals surface area contributed by atoms with E-state index < -0.39 is 0 Å². The van der Waals surface area contributed by atoms with Gasteiger partial charge in [0.15, 0.2) is 0 Å². The summed E-state index contributed by atoms with van der Waals surface area (Å²) in [6.07, 6.45) is 6.22. The molecule has 2 heterocycles. The Morgan fingerprint density at radius 2 is 2.15 bits per heavy atom. The summed E-state index contributed by atoms with van der Waals surface area (Å²) in [4.78, 5) is 14.7. The summed E-state index contributed by atoms with van der Waals surface area (Å²) < 4.78 is 2.02. The van der Waals surface area contributed by atoms with Gasteiger partial charge in [-0.25, -0.2) is 4.79 Å². The molecule has 6 heteroatoms. The number of aromatic nitrogens is 2. The van der Waals surface area contributed by atoms with Crippen molar-refractivity contribution < 1.29 is 4.79 Å². The van der Waals surface area contributed by atoms with Crippen molar-refractivity contribution in [2.75, 3.05) is 26.2 Å². The van der Waals surface area contributed by atoms with Gasteiger partial charge < -0.3 is 10.6 Å². The number of nitrogens with one attached hydrogen (secondary N) is 2. The van der Waals surface area contributed by atoms with Crippen molar-refractivity contribution in [2.45, 2.75) is 72.4 Å². The van der Waals surface area contributed by atoms with Gasteiger partial charge in [-0.2, -0.15) is 5.10 Å². The van der Waals surface area contributed by atoms with Crippen LogP contribution in [0.1, 0.15) is 57.3 Å². The molecule has 0 spiro atoms. The minimum Gasteiger partial charge on any atom is -0.338 e. The third-order valence-electron chi connectivity index (χ3n) is 5.25. The molecule has 6 nitrogen and oxygen atoms in total. The van der Waals surface area contributed by atoms with Gasteiger partial charge in [0.1, 0.15) is 0 Å². The van der Waals surface area contributed by atoms with Crippen LogP contribution in [-0.2, 0) is 6.54 Å². The maximum atomic E-state index is 12.2. The normalized spacial score (nSPS) is 19.3. The van der Waals surface area contributed by atoms with E-state index in [1.165, 1.54) is 44.3 Å². The summed E-state index contributed by atoms with van der Waals surface area (Å²) in [6.45, 7) is 13.0. The van der Waals surface area contributed by atoms with E-state index in [1.807, 2.05) is 11.6 Å². The molecule has 1 saturated heterocycles. The van der Waals surface area contributed by atoms with Gasteiger partial charge in [-0.15, -0.1) is 0 Å². The number of hydrogen-bond acceptors (Lipinski definition) is 3. The highest BCUT2D eigenvalue weighted by atomic mass is 16.2. The number of amides is 2. The molecule has 1 aromatic rings. The number of rotatable bonds is 9. The van der Waals surface area contributed by atoms with Crippen LogP contribution in [0.3, 0.4) is 0 Å². The van der Waals surface area contributed by atoms with Gasteiger partial charge in [-0.1, -0.05) is 26.7 Å². The van der Waals surface area contributed by atoms with Crippen molar-refractivity contribution in [1.29, 1.82) is 0 Å². The highest BCUT2D eigenvalue weighted by Crippen LogP contribution is 2.17. The molecule has 0 saturated carbocycles. The Balaban J connectivity index is 1.68. The van der Waals surface area contributed by atoms with Gasteiger partial charge in [-0.3, -0.25) is 9.58 Å². The van der Waals surface area contributed by atoms with E-state index in [0.717, 1.165) is 25.3 Å². The minimum absolute atomic E-state index is 0.0498. The summed E-state index contributed by atoms with van der Waals surface area (Å²) in [6, 6.07) is 2.53. The molecule has 2 atom stereocenters. The van der Waals surface area contributed by atoms with E-state index in [9.17, 15) is 4.79 Å². The molecule has 1 aromatic heterocycles. The van der Waals surface area contributed by atoms with E-state index >= 15 is 0 Å². The van der Waals surface area contributed by atoms with Crippen LogP contribution in [-0.4, -0.2) is 52.9 Å². The monoisotopic (exact) mass is 363 g/mol. The standard InChI is InChI=1S/C20H37N5O/c1-5-6-10-24-11-8-7-9-19(24)14-22-20(26)21-13-16(2)15-25-18(4)12-17(3)23-25/h12,16,19H,5-11,13-15H2,1-4H3,(H2,21,22,26). The van der Waals surface area contributed by atoms with Gasteiger partial charge >= 0.3 is 6.03 Å². The third-order valence-corrected chi connectivity index (χ3v) is 5.25. The average molecular weight is 364 g/mol. The Bertz CT molecular complexity index is 556. The molecule has 2 rings (SSSR count). The van der Waals surface area contributed by atoms with Crippen LogP contribution in [0.25, 0.3) is 0 Å². The summed E-state index contributed by atoms with van der Waals surface area (Å²) in [5.41, 5.74) is 2.21. The van der Waals surface area contributed by atoms with E-state index in [0.29, 0.717) is 18.5 Å². The molecule has 2 amide bonds. The molecule has 2 unspecified atom stereocenters. The Labute approximate surface area is 158 Å². The van der Waals surface area contributed by atoms with Crippen LogP contribution in [0.2, 0.25) is 0 Å². The second-order valence-electron chi connectivity index (χ2n) is 7.84. The topological polar surface area (TPSA) is 62.2 Å². The van der Waals surface area contributed by atoms with E-state index in [1.54, 1.807) is 0 Å². The number of hydrogen-bond donors (Lipinski definition) is 2. The second-order valence-corrected chi connectivity index (χ2v) is 7.84. The molecule has 1 fully saturated rings. The first kappa shape index (κ1) is 20.7. The first-order valence-electron chi connectivity index (χ1n) is 10.3. The fourth-order valence-electron chi connectivity index (χ4n) is 3.71. The van der Waals surface area contributed by atoms with Crippen LogP contribution >= 0.6 is 0 Å². The van der Waals surface area contributed by atoms with Gasteiger partial charge in [0.05, 0.1) is 5.69 Å². The maximum absolute atomic E-state index is 12.2. The predicted molar refractivity (Wildman–Crippen MR) is 106 cm³/mol. The number of unbranched alkanes of at least 4 members (excludes halogenated alkanes) is 1. The Hall–Kier alpha value is -1.56. The SMILES string of the molecule is CCCCN1CCCCC1CNC(=O)NCC(C)Cn1nc(C)cc1C. The lowest BCUT2D eigenvalue weighted by Crippen LogP contribution is -2.49. The molecule has 26 heavy (non-hydrogen) atoms. The zero-order valence-corrected chi connectivity index (χ0v) is 17.1. The van der Waals surface area contributed by atoms with Crippen molar-refractivity contribution in [3.63, 3.8) is 0 Å². The molecule has 0 radical (unpaired) electrons. The molecular formula is C20H37N5O. The number of piperidine rings is 1. The van der Waals surface area contributed by atoms with Crippen LogP contribution in [0.5, 0.6) is 0 Å². The van der Waals surface area contributed by atoms with Crippen molar-refractivity contribution in [3.05, 3.63) is 17.5 Å². The fraction of sp³-hybridized carbons (Fsp3) is 0.800. The van der Waals surface area contributed by atoms with Crippen molar-refractivity contribution in [1.82, 2.24) is 25.3 Å². The molecule has 1 aliphatic heterocycles. The van der Waals surface area contributed by atoms with E-state index in [4.69, 9.17) is 0 Å². The molecule has 1 aliphatic rings. The quantitative estimate of drug-likeness (QED) is 0.709. The van der Waals surface area contributed by atoms with E-state index in [2.05, 4.69) is 47.5 Å². The summed E-state index contributed by atoms with van der Waals surface area (Å²) in [7, 11) is 0. The molecule has 0 aromatic carbocycles. The van der Waals surface area contributed by atoms with Crippen LogP contribution in [0.15, 0.2) is 6.07 Å². The summed E-state index contributed by atoms with van der Waals surface area (Å²) >= 11 is 0. The van der Waals surface area contributed by atoms with E-state index in [-0.39, 0.29) is 6.03 Å². The summed E-state index contributed by atoms with van der Waals surface area (Å²) in [5, 5.41) is 10.6. The zero-order chi connectivity index (χ0) is 18.9. The van der Waals surface area contributed by atoms with Gasteiger partial charge in [0.2, 0.25) is 0 Å². The smallest absolute Gasteiger partial charge is 0.314 e. The number of likely N-dealkylation sites (tertiary alicyclic amines) is 1. The number of urea groups is 1. The lowest BCUT2D eigenvalue weighted by atomic mass is 10.0.